The number of pyridine rings is 1. The molecule has 0 saturated carbocycles. The average Bonchev–Trinajstić information content (AvgIpc) is 3.35. The summed E-state index contributed by atoms with van der Waals surface area (Å²) < 4.78 is 1.65. The molecule has 7 nitrogen and oxygen atoms in total. The summed E-state index contributed by atoms with van der Waals surface area (Å²) >= 11 is 6.26. The van der Waals surface area contributed by atoms with Crippen molar-refractivity contribution < 1.29 is 0 Å². The van der Waals surface area contributed by atoms with Crippen LogP contribution in [-0.2, 0) is 7.05 Å². The molecule has 38 heavy (non-hydrogen) atoms. The first-order chi connectivity index (χ1) is 18.4. The van der Waals surface area contributed by atoms with Crippen LogP contribution in [0, 0.1) is 16.7 Å². The van der Waals surface area contributed by atoms with Crippen LogP contribution in [0.5, 0.6) is 0 Å². The molecule has 3 saturated heterocycles. The lowest BCUT2D eigenvalue weighted by Gasteiger charge is -2.41. The summed E-state index contributed by atoms with van der Waals surface area (Å²) in [5, 5.41) is 11.8. The molecule has 0 atom stereocenters. The number of rotatable bonds is 3. The zero-order chi connectivity index (χ0) is 26.4. The van der Waals surface area contributed by atoms with E-state index >= 15 is 0 Å². The van der Waals surface area contributed by atoms with E-state index in [9.17, 15) is 10.1 Å². The first kappa shape index (κ1) is 25.1. The van der Waals surface area contributed by atoms with Gasteiger partial charge >= 0.3 is 0 Å². The number of piperazine rings is 1. The van der Waals surface area contributed by atoms with Gasteiger partial charge in [0.2, 0.25) is 0 Å². The molecule has 0 aliphatic carbocycles. The second-order valence-electron chi connectivity index (χ2n) is 11.3. The third-order valence-electron chi connectivity index (χ3n) is 9.09. The molecule has 2 aromatic carbocycles. The third kappa shape index (κ3) is 4.40. The number of benzene rings is 2. The van der Waals surface area contributed by atoms with Gasteiger partial charge in [0, 0.05) is 81.2 Å². The van der Waals surface area contributed by atoms with Crippen LogP contribution in [0.3, 0.4) is 0 Å². The van der Waals surface area contributed by atoms with Crippen LogP contribution in [0.25, 0.3) is 10.9 Å². The van der Waals surface area contributed by atoms with Gasteiger partial charge in [-0.25, -0.2) is 0 Å². The highest BCUT2D eigenvalue weighted by Gasteiger charge is 2.41. The number of aromatic nitrogens is 1. The molecule has 198 valence electrons. The summed E-state index contributed by atoms with van der Waals surface area (Å²) in [5.74, 6) is 0. The number of anilines is 3. The minimum absolute atomic E-state index is 0.209. The van der Waals surface area contributed by atoms with Crippen molar-refractivity contribution in [1.29, 1.82) is 5.26 Å². The minimum Gasteiger partial charge on any atom is -0.371 e. The maximum absolute atomic E-state index is 13.4. The Labute approximate surface area is 229 Å². The number of piperidine rings is 1. The molecule has 3 fully saturated rings. The van der Waals surface area contributed by atoms with Gasteiger partial charge in [0.15, 0.2) is 0 Å². The Bertz CT molecular complexity index is 1460. The Morgan fingerprint density at radius 2 is 1.53 bits per heavy atom. The highest BCUT2D eigenvalue weighted by molar-refractivity contribution is 6.30. The summed E-state index contributed by atoms with van der Waals surface area (Å²) in [5.41, 5.74) is 4.35. The lowest BCUT2D eigenvalue weighted by Crippen LogP contribution is -2.44. The Balaban J connectivity index is 1.28. The molecule has 3 aromatic rings. The number of nitriles is 1. The van der Waals surface area contributed by atoms with Gasteiger partial charge in [0.1, 0.15) is 11.6 Å². The predicted octanol–water partition coefficient (Wildman–Crippen LogP) is 4.31. The number of nitrogens with zero attached hydrogens (tertiary/aromatic N) is 6. The summed E-state index contributed by atoms with van der Waals surface area (Å²) in [7, 11) is 3.94. The summed E-state index contributed by atoms with van der Waals surface area (Å²) in [6.45, 7) is 7.76. The second kappa shape index (κ2) is 9.83. The number of fused-ring (bicyclic) bond motifs is 1. The molecule has 6 rings (SSSR count). The maximum Gasteiger partial charge on any atom is 0.270 e. The van der Waals surface area contributed by atoms with Crippen molar-refractivity contribution in [2.75, 3.05) is 74.1 Å². The molecule has 8 heteroatoms. The normalized spacial score (nSPS) is 19.9. The van der Waals surface area contributed by atoms with E-state index in [1.54, 1.807) is 11.6 Å². The van der Waals surface area contributed by atoms with Crippen LogP contribution in [0.1, 0.15) is 24.8 Å². The zero-order valence-corrected chi connectivity index (χ0v) is 23.0. The van der Waals surface area contributed by atoms with E-state index in [0.29, 0.717) is 0 Å². The van der Waals surface area contributed by atoms with Crippen LogP contribution in [0.15, 0.2) is 47.3 Å². The predicted molar refractivity (Wildman–Crippen MR) is 156 cm³/mol. The first-order valence-electron chi connectivity index (χ1n) is 13.6. The fourth-order valence-corrected chi connectivity index (χ4v) is 6.83. The summed E-state index contributed by atoms with van der Waals surface area (Å²) in [6.07, 6.45) is 3.25. The van der Waals surface area contributed by atoms with Crippen molar-refractivity contribution in [3.63, 3.8) is 0 Å². The first-order valence-corrected chi connectivity index (χ1v) is 14.0. The van der Waals surface area contributed by atoms with Crippen LogP contribution >= 0.6 is 11.6 Å². The Morgan fingerprint density at radius 3 is 2.21 bits per heavy atom. The molecule has 0 unspecified atom stereocenters. The second-order valence-corrected chi connectivity index (χ2v) is 11.8. The van der Waals surface area contributed by atoms with E-state index in [2.05, 4.69) is 63.0 Å². The Hall–Kier alpha value is -3.21. The lowest BCUT2D eigenvalue weighted by atomic mass is 9.77. The van der Waals surface area contributed by atoms with E-state index < -0.39 is 0 Å². The Morgan fingerprint density at radius 1 is 0.842 bits per heavy atom. The van der Waals surface area contributed by atoms with E-state index in [-0.39, 0.29) is 16.5 Å². The fourth-order valence-electron chi connectivity index (χ4n) is 6.64. The quantitative estimate of drug-likeness (QED) is 0.503. The monoisotopic (exact) mass is 530 g/mol. The molecule has 3 aliphatic rings. The number of hydrogen-bond donors (Lipinski definition) is 0. The molecule has 0 radical (unpaired) electrons. The van der Waals surface area contributed by atoms with Gasteiger partial charge in [-0.15, -0.1) is 0 Å². The Kier molecular flexibility index (Phi) is 6.49. The van der Waals surface area contributed by atoms with E-state index in [4.69, 9.17) is 11.6 Å². The van der Waals surface area contributed by atoms with Crippen molar-refractivity contribution in [2.45, 2.75) is 19.3 Å². The van der Waals surface area contributed by atoms with Gasteiger partial charge in [-0.2, -0.15) is 5.26 Å². The van der Waals surface area contributed by atoms with Crippen LogP contribution < -0.4 is 20.3 Å². The van der Waals surface area contributed by atoms with Crippen LogP contribution in [0.2, 0.25) is 5.02 Å². The lowest BCUT2D eigenvalue weighted by molar-refractivity contribution is 0.251. The number of halogens is 1. The van der Waals surface area contributed by atoms with E-state index in [1.165, 1.54) is 5.69 Å². The van der Waals surface area contributed by atoms with Crippen molar-refractivity contribution in [3.05, 3.63) is 63.4 Å². The molecular formula is C30H35ClN6O. The highest BCUT2D eigenvalue weighted by Crippen LogP contribution is 2.44. The number of likely N-dealkylation sites (N-methyl/N-ethyl adjacent to an activating group) is 1. The molecule has 1 aromatic heterocycles. The van der Waals surface area contributed by atoms with Crippen LogP contribution in [0.4, 0.5) is 17.1 Å². The van der Waals surface area contributed by atoms with Gasteiger partial charge in [0.25, 0.3) is 5.56 Å². The summed E-state index contributed by atoms with van der Waals surface area (Å²) in [4.78, 5) is 22.8. The van der Waals surface area contributed by atoms with Gasteiger partial charge < -0.3 is 24.2 Å². The molecule has 3 aliphatic heterocycles. The topological polar surface area (TPSA) is 58.8 Å². The number of hydrogen-bond acceptors (Lipinski definition) is 6. The average molecular weight is 531 g/mol. The van der Waals surface area contributed by atoms with Gasteiger partial charge in [-0.3, -0.25) is 4.79 Å². The number of aryl methyl sites for hydroxylation is 1. The molecular weight excluding hydrogens is 496 g/mol. The third-order valence-corrected chi connectivity index (χ3v) is 9.32. The van der Waals surface area contributed by atoms with Gasteiger partial charge in [0.05, 0.1) is 11.2 Å². The fraction of sp³-hybridized carbons (Fsp3) is 0.467. The van der Waals surface area contributed by atoms with Crippen molar-refractivity contribution in [3.8, 4) is 6.07 Å². The molecule has 0 amide bonds. The molecule has 1 spiro atoms. The van der Waals surface area contributed by atoms with Crippen molar-refractivity contribution >= 4 is 39.6 Å². The standard InChI is InChI=1S/C30H35ClN6O/c1-33-14-16-35(17-15-33)24-6-7-25-27(19-24)34(2)29(38)26(20-32)28(25)36-11-8-30(9-12-36)10-13-37(21-30)23-5-3-4-22(31)18-23/h3-7,18-19H,8-17,21H2,1-2H3. The molecule has 4 heterocycles. The SMILES string of the molecule is CN1CCN(c2ccc3c(N4CCC5(CCN(c6cccc(Cl)c6)C5)CC4)c(C#N)c(=O)n(C)c3c2)CC1. The molecule has 0 N–H and O–H groups in total. The van der Waals surface area contributed by atoms with Gasteiger partial charge in [-0.05, 0) is 68.1 Å². The van der Waals surface area contributed by atoms with E-state index in [1.807, 2.05) is 12.1 Å². The minimum atomic E-state index is -0.209. The van der Waals surface area contributed by atoms with Crippen molar-refractivity contribution in [2.24, 2.45) is 12.5 Å². The maximum atomic E-state index is 13.4. The zero-order valence-electron chi connectivity index (χ0n) is 22.3. The van der Waals surface area contributed by atoms with E-state index in [0.717, 1.165) is 98.9 Å². The summed E-state index contributed by atoms with van der Waals surface area (Å²) in [6, 6.07) is 16.8. The van der Waals surface area contributed by atoms with Gasteiger partial charge in [-0.1, -0.05) is 17.7 Å². The highest BCUT2D eigenvalue weighted by atomic mass is 35.5. The largest absolute Gasteiger partial charge is 0.371 e. The van der Waals surface area contributed by atoms with Crippen LogP contribution in [-0.4, -0.2) is 68.9 Å². The molecule has 0 bridgehead atoms. The van der Waals surface area contributed by atoms with Crippen molar-refractivity contribution in [1.82, 2.24) is 9.47 Å². The smallest absolute Gasteiger partial charge is 0.270 e.